The van der Waals surface area contributed by atoms with E-state index < -0.39 is 0 Å². The van der Waals surface area contributed by atoms with E-state index in [4.69, 9.17) is 4.74 Å². The van der Waals surface area contributed by atoms with E-state index in [-0.39, 0.29) is 17.7 Å². The lowest BCUT2D eigenvalue weighted by Crippen LogP contribution is -2.42. The SMILES string of the molecule is CC(C1CC1)n1nccc1NC(=O)C1CCN(C(=O)CCOc2ccccc2)CC1. The molecule has 2 amide bonds. The predicted octanol–water partition coefficient (Wildman–Crippen LogP) is 3.50. The molecule has 1 saturated heterocycles. The number of piperidine rings is 1. The smallest absolute Gasteiger partial charge is 0.228 e. The van der Waals surface area contributed by atoms with Gasteiger partial charge in [-0.25, -0.2) is 4.68 Å². The van der Waals surface area contributed by atoms with Crippen molar-refractivity contribution >= 4 is 17.6 Å². The normalized spacial score (nSPS) is 18.1. The fraction of sp³-hybridized carbons (Fsp3) is 0.522. The molecule has 1 unspecified atom stereocenters. The lowest BCUT2D eigenvalue weighted by molar-refractivity contribution is -0.135. The van der Waals surface area contributed by atoms with Gasteiger partial charge in [-0.05, 0) is 50.7 Å². The van der Waals surface area contributed by atoms with E-state index in [1.165, 1.54) is 12.8 Å². The zero-order chi connectivity index (χ0) is 20.9. The van der Waals surface area contributed by atoms with Crippen LogP contribution in [0.5, 0.6) is 5.75 Å². The Bertz CT molecular complexity index is 854. The van der Waals surface area contributed by atoms with Gasteiger partial charge < -0.3 is 15.0 Å². The molecule has 2 heterocycles. The van der Waals surface area contributed by atoms with E-state index in [0.717, 1.165) is 11.6 Å². The zero-order valence-electron chi connectivity index (χ0n) is 17.5. The molecule has 1 aromatic heterocycles. The molecule has 4 rings (SSSR count). The summed E-state index contributed by atoms with van der Waals surface area (Å²) in [6.45, 7) is 3.75. The minimum absolute atomic E-state index is 0.0271. The van der Waals surface area contributed by atoms with Crippen molar-refractivity contribution in [1.29, 1.82) is 0 Å². The summed E-state index contributed by atoms with van der Waals surface area (Å²) in [6, 6.07) is 11.7. The molecule has 2 aromatic rings. The summed E-state index contributed by atoms with van der Waals surface area (Å²) in [4.78, 5) is 27.0. The second-order valence-electron chi connectivity index (χ2n) is 8.29. The zero-order valence-corrected chi connectivity index (χ0v) is 17.5. The first kappa shape index (κ1) is 20.4. The molecule has 160 valence electrons. The minimum atomic E-state index is -0.0748. The van der Waals surface area contributed by atoms with Gasteiger partial charge in [0.05, 0.1) is 25.3 Å². The minimum Gasteiger partial charge on any atom is -0.493 e. The third-order valence-electron chi connectivity index (χ3n) is 6.16. The predicted molar refractivity (Wildman–Crippen MR) is 114 cm³/mol. The van der Waals surface area contributed by atoms with Crippen LogP contribution in [0, 0.1) is 11.8 Å². The van der Waals surface area contributed by atoms with E-state index in [1.807, 2.05) is 46.0 Å². The van der Waals surface area contributed by atoms with Gasteiger partial charge in [-0.3, -0.25) is 9.59 Å². The number of ether oxygens (including phenoxy) is 1. The number of likely N-dealkylation sites (tertiary alicyclic amines) is 1. The first-order chi connectivity index (χ1) is 14.6. The van der Waals surface area contributed by atoms with Crippen LogP contribution in [0.2, 0.25) is 0 Å². The van der Waals surface area contributed by atoms with Gasteiger partial charge in [-0.1, -0.05) is 18.2 Å². The molecule has 30 heavy (non-hydrogen) atoms. The Balaban J connectivity index is 1.21. The third-order valence-corrected chi connectivity index (χ3v) is 6.16. The van der Waals surface area contributed by atoms with Crippen molar-refractivity contribution in [3.8, 4) is 5.75 Å². The molecular formula is C23H30N4O3. The number of anilines is 1. The van der Waals surface area contributed by atoms with Crippen LogP contribution >= 0.6 is 0 Å². The summed E-state index contributed by atoms with van der Waals surface area (Å²) < 4.78 is 7.55. The second-order valence-corrected chi connectivity index (χ2v) is 8.29. The first-order valence-electron chi connectivity index (χ1n) is 10.9. The highest BCUT2D eigenvalue weighted by molar-refractivity contribution is 5.92. The van der Waals surface area contributed by atoms with Gasteiger partial charge in [0.25, 0.3) is 0 Å². The van der Waals surface area contributed by atoms with Crippen LogP contribution < -0.4 is 10.1 Å². The Morgan fingerprint density at radius 1 is 1.13 bits per heavy atom. The summed E-state index contributed by atoms with van der Waals surface area (Å²) in [7, 11) is 0. The molecule has 1 saturated carbocycles. The number of carbonyl (C=O) groups is 2. The van der Waals surface area contributed by atoms with Crippen molar-refractivity contribution in [2.45, 2.75) is 45.1 Å². The van der Waals surface area contributed by atoms with E-state index in [9.17, 15) is 9.59 Å². The molecule has 1 aliphatic carbocycles. The summed E-state index contributed by atoms with van der Waals surface area (Å²) in [5.74, 6) is 2.25. The molecule has 0 radical (unpaired) electrons. The molecule has 2 aliphatic rings. The quantitative estimate of drug-likeness (QED) is 0.723. The van der Waals surface area contributed by atoms with Crippen LogP contribution in [0.1, 0.15) is 45.1 Å². The maximum atomic E-state index is 12.8. The van der Waals surface area contributed by atoms with Gasteiger partial charge in [0.15, 0.2) is 0 Å². The molecule has 2 fully saturated rings. The van der Waals surface area contributed by atoms with E-state index >= 15 is 0 Å². The van der Waals surface area contributed by atoms with E-state index in [2.05, 4.69) is 17.3 Å². The average molecular weight is 411 g/mol. The van der Waals surface area contributed by atoms with Crippen LogP contribution in [-0.2, 0) is 9.59 Å². The van der Waals surface area contributed by atoms with Crippen molar-refractivity contribution in [3.63, 3.8) is 0 Å². The Kier molecular flexibility index (Phi) is 6.35. The van der Waals surface area contributed by atoms with E-state index in [0.29, 0.717) is 50.9 Å². The second kappa shape index (κ2) is 9.32. The van der Waals surface area contributed by atoms with Crippen LogP contribution in [0.3, 0.4) is 0 Å². The molecule has 7 nitrogen and oxygen atoms in total. The van der Waals surface area contributed by atoms with Crippen LogP contribution in [0.4, 0.5) is 5.82 Å². The summed E-state index contributed by atoms with van der Waals surface area (Å²) in [6.07, 6.45) is 5.93. The lowest BCUT2D eigenvalue weighted by Gasteiger charge is -2.31. The number of rotatable bonds is 8. The van der Waals surface area contributed by atoms with Gasteiger partial charge in [-0.15, -0.1) is 0 Å². The molecule has 1 aliphatic heterocycles. The maximum absolute atomic E-state index is 12.8. The fourth-order valence-electron chi connectivity index (χ4n) is 4.07. The van der Waals surface area contributed by atoms with Crippen LogP contribution in [0.15, 0.2) is 42.6 Å². The molecule has 0 spiro atoms. The number of amides is 2. The van der Waals surface area contributed by atoms with Gasteiger partial charge in [0, 0.05) is 25.1 Å². The Hall–Kier alpha value is -2.83. The number of hydrogen-bond donors (Lipinski definition) is 1. The van der Waals surface area contributed by atoms with Crippen LogP contribution in [0.25, 0.3) is 0 Å². The van der Waals surface area contributed by atoms with Crippen LogP contribution in [-0.4, -0.2) is 46.2 Å². The standard InChI is InChI=1S/C23H30N4O3/c1-17(18-7-8-18)27-21(9-13-24-27)25-23(29)19-10-14-26(15-11-19)22(28)12-16-30-20-5-3-2-4-6-20/h2-6,9,13,17-19H,7-8,10-12,14-16H2,1H3,(H,25,29). The Morgan fingerprint density at radius 2 is 1.87 bits per heavy atom. The van der Waals surface area contributed by atoms with E-state index in [1.54, 1.807) is 6.20 Å². The summed E-state index contributed by atoms with van der Waals surface area (Å²) >= 11 is 0. The molecular weight excluding hydrogens is 380 g/mol. The number of hydrogen-bond acceptors (Lipinski definition) is 4. The first-order valence-corrected chi connectivity index (χ1v) is 10.9. The highest BCUT2D eigenvalue weighted by Crippen LogP contribution is 2.40. The van der Waals surface area contributed by atoms with Gasteiger partial charge in [0.2, 0.25) is 11.8 Å². The topological polar surface area (TPSA) is 76.5 Å². The number of aromatic nitrogens is 2. The van der Waals surface area contributed by atoms with Gasteiger partial charge in [-0.2, -0.15) is 5.10 Å². The monoisotopic (exact) mass is 410 g/mol. The fourth-order valence-corrected chi connectivity index (χ4v) is 4.07. The number of nitrogens with one attached hydrogen (secondary N) is 1. The van der Waals surface area contributed by atoms with Crippen molar-refractivity contribution in [3.05, 3.63) is 42.6 Å². The molecule has 7 heteroatoms. The summed E-state index contributed by atoms with van der Waals surface area (Å²) in [5.41, 5.74) is 0. The molecule has 1 aromatic carbocycles. The number of para-hydroxylation sites is 1. The van der Waals surface area contributed by atoms with Crippen molar-refractivity contribution in [2.24, 2.45) is 11.8 Å². The molecule has 0 bridgehead atoms. The highest BCUT2D eigenvalue weighted by atomic mass is 16.5. The van der Waals surface area contributed by atoms with Gasteiger partial charge in [0.1, 0.15) is 11.6 Å². The van der Waals surface area contributed by atoms with Crippen molar-refractivity contribution < 1.29 is 14.3 Å². The van der Waals surface area contributed by atoms with Crippen molar-refractivity contribution in [2.75, 3.05) is 25.0 Å². The molecule has 1 atom stereocenters. The average Bonchev–Trinajstić information content (AvgIpc) is 3.53. The summed E-state index contributed by atoms with van der Waals surface area (Å²) in [5, 5.41) is 7.46. The highest BCUT2D eigenvalue weighted by Gasteiger charge is 2.32. The Labute approximate surface area is 177 Å². The Morgan fingerprint density at radius 3 is 2.57 bits per heavy atom. The third kappa shape index (κ3) is 5.01. The largest absolute Gasteiger partial charge is 0.493 e. The number of benzene rings is 1. The maximum Gasteiger partial charge on any atom is 0.228 e. The molecule has 1 N–H and O–H groups in total. The van der Waals surface area contributed by atoms with Crippen molar-refractivity contribution in [1.82, 2.24) is 14.7 Å². The van der Waals surface area contributed by atoms with Gasteiger partial charge >= 0.3 is 0 Å². The number of nitrogens with zero attached hydrogens (tertiary/aromatic N) is 3. The number of carbonyl (C=O) groups excluding carboxylic acids is 2. The lowest BCUT2D eigenvalue weighted by atomic mass is 9.95.